The Balaban J connectivity index is 1.35. The first kappa shape index (κ1) is 30.3. The van der Waals surface area contributed by atoms with Crippen molar-refractivity contribution in [1.82, 2.24) is 19.1 Å². The highest BCUT2D eigenvalue weighted by molar-refractivity contribution is 7.83. The molecule has 2 unspecified atom stereocenters. The van der Waals surface area contributed by atoms with Gasteiger partial charge in [0.05, 0.1) is 20.7 Å². The van der Waals surface area contributed by atoms with Crippen molar-refractivity contribution in [3.63, 3.8) is 0 Å². The standard InChI is InChI=1S/C20H25BN4O13P2/c1-10-6-24(19(29)22-17(10)27)15-4-3-12(35-15)9-34-39(21,31)38-40(32,33)37-13-5-16(36-14(13)8-26)25-7-11(2)18(28)23-20(25)30/h3-4,6-7,12-16,26H,5,8-9H2,1-2H3,(H,32,33)(H,22,27,29)(H,23,28,30)/q-1/t12-,13-,14+,15+,16+,39?/m0/s1. The average Bonchev–Trinajstić information content (AvgIpc) is 3.48. The number of aliphatic hydroxyl groups is 1. The monoisotopic (exact) mass is 602 g/mol. The van der Waals surface area contributed by atoms with E-state index in [1.807, 2.05) is 0 Å². The van der Waals surface area contributed by atoms with E-state index >= 15 is 0 Å². The van der Waals surface area contributed by atoms with E-state index in [2.05, 4.69) is 14.3 Å². The lowest BCUT2D eigenvalue weighted by Crippen LogP contribution is -2.33. The van der Waals surface area contributed by atoms with Crippen LogP contribution in [-0.2, 0) is 32.0 Å². The molecule has 4 N–H and O–H groups in total. The summed E-state index contributed by atoms with van der Waals surface area (Å²) in [4.78, 5) is 61.8. The number of aromatic amines is 2. The Morgan fingerprint density at radius 3 is 2.25 bits per heavy atom. The fourth-order valence-electron chi connectivity index (χ4n) is 4.00. The van der Waals surface area contributed by atoms with Gasteiger partial charge in [0, 0.05) is 29.9 Å². The first-order valence-electron chi connectivity index (χ1n) is 11.7. The number of nitrogens with zero attached hydrogens (tertiary/aromatic N) is 2. The SMILES string of the molecule is [B-]P(=O)(OC[C@@H]1C=C[C@H](n2cc(C)c(=O)[nH]c2=O)O1)OP(=O)(O)O[C@H]1C[C@H](n2cc(C)c(=O)[nH]c2=O)O[C@@H]1CO. The number of H-pyrrole nitrogens is 2. The van der Waals surface area contributed by atoms with Gasteiger partial charge in [0.2, 0.25) is 0 Å². The van der Waals surface area contributed by atoms with Crippen LogP contribution in [-0.4, -0.2) is 68.2 Å². The van der Waals surface area contributed by atoms with Crippen molar-refractivity contribution in [1.29, 1.82) is 0 Å². The molecule has 0 bridgehead atoms. The third-order valence-corrected chi connectivity index (χ3v) is 8.73. The highest BCUT2D eigenvalue weighted by Crippen LogP contribution is 2.61. The lowest BCUT2D eigenvalue weighted by Gasteiger charge is -2.30. The molecule has 1 fully saturated rings. The number of ether oxygens (including phenoxy) is 2. The average molecular weight is 602 g/mol. The summed E-state index contributed by atoms with van der Waals surface area (Å²) >= 11 is 0. The van der Waals surface area contributed by atoms with Crippen molar-refractivity contribution in [2.75, 3.05) is 13.2 Å². The minimum Gasteiger partial charge on any atom is -0.443 e. The number of hydrogen-bond acceptors (Lipinski definition) is 12. The van der Waals surface area contributed by atoms with Gasteiger partial charge in [-0.05, 0) is 19.9 Å². The highest BCUT2D eigenvalue weighted by Gasteiger charge is 2.42. The summed E-state index contributed by atoms with van der Waals surface area (Å²) in [5, 5.41) is 9.63. The molecule has 17 nitrogen and oxygen atoms in total. The van der Waals surface area contributed by atoms with Crippen molar-refractivity contribution < 1.29 is 42.0 Å². The summed E-state index contributed by atoms with van der Waals surface area (Å²) in [6.45, 7) is 1.75. The first-order chi connectivity index (χ1) is 18.7. The predicted octanol–water partition coefficient (Wildman–Crippen LogP) is -0.768. The van der Waals surface area contributed by atoms with Crippen molar-refractivity contribution in [2.45, 2.75) is 51.0 Å². The van der Waals surface area contributed by atoms with Crippen LogP contribution in [0.5, 0.6) is 0 Å². The minimum absolute atomic E-state index is 0.193. The van der Waals surface area contributed by atoms with Crippen molar-refractivity contribution >= 4 is 22.9 Å². The van der Waals surface area contributed by atoms with Gasteiger partial charge in [-0.3, -0.25) is 33.2 Å². The molecule has 0 spiro atoms. The van der Waals surface area contributed by atoms with Crippen LogP contribution in [0.4, 0.5) is 0 Å². The second kappa shape index (κ2) is 11.7. The number of hydrogen-bond donors (Lipinski definition) is 4. The fourth-order valence-corrected chi connectivity index (χ4v) is 6.41. The predicted molar refractivity (Wildman–Crippen MR) is 136 cm³/mol. The number of phosphoric acid groups is 1. The Hall–Kier alpha value is -2.66. The molecule has 2 aliphatic heterocycles. The van der Waals surface area contributed by atoms with E-state index in [0.717, 1.165) is 9.13 Å². The summed E-state index contributed by atoms with van der Waals surface area (Å²) < 4.78 is 53.0. The minimum atomic E-state index is -5.19. The number of nitrogens with one attached hydrogen (secondary N) is 2. The Bertz CT molecular complexity index is 1630. The Kier molecular flexibility index (Phi) is 8.85. The molecular weight excluding hydrogens is 577 g/mol. The molecule has 2 aromatic rings. The lowest BCUT2D eigenvalue weighted by molar-refractivity contribution is -0.0452. The van der Waals surface area contributed by atoms with Gasteiger partial charge < -0.3 is 36.1 Å². The van der Waals surface area contributed by atoms with Gasteiger partial charge in [-0.25, -0.2) is 18.5 Å². The number of rotatable bonds is 10. The number of aryl methyl sites for hydroxylation is 2. The summed E-state index contributed by atoms with van der Waals surface area (Å²) in [7, 11) is -4.45. The van der Waals surface area contributed by atoms with Crippen LogP contribution in [0.2, 0.25) is 0 Å². The molecule has 0 aromatic carbocycles. The van der Waals surface area contributed by atoms with Gasteiger partial charge in [0.15, 0.2) is 6.23 Å². The van der Waals surface area contributed by atoms with E-state index in [4.69, 9.17) is 26.1 Å². The summed E-state index contributed by atoms with van der Waals surface area (Å²) in [6, 6.07) is 0. The quantitative estimate of drug-likeness (QED) is 0.149. The Morgan fingerprint density at radius 1 is 1.02 bits per heavy atom. The van der Waals surface area contributed by atoms with Crippen LogP contribution in [0.25, 0.3) is 0 Å². The van der Waals surface area contributed by atoms with E-state index in [1.165, 1.54) is 38.4 Å². The molecule has 0 aliphatic carbocycles. The van der Waals surface area contributed by atoms with Crippen LogP contribution >= 0.6 is 15.3 Å². The molecule has 1 saturated heterocycles. The van der Waals surface area contributed by atoms with Crippen LogP contribution in [0.1, 0.15) is 30.0 Å². The first-order valence-corrected chi connectivity index (χ1v) is 14.8. The molecule has 2 aromatic heterocycles. The highest BCUT2D eigenvalue weighted by atomic mass is 31.3. The second-order valence-electron chi connectivity index (χ2n) is 8.98. The van der Waals surface area contributed by atoms with Gasteiger partial charge in [-0.2, -0.15) is 0 Å². The third-order valence-electron chi connectivity index (χ3n) is 5.95. The summed E-state index contributed by atoms with van der Waals surface area (Å²) in [5.74, 6) is 0. The smallest absolute Gasteiger partial charge is 0.443 e. The molecule has 40 heavy (non-hydrogen) atoms. The molecule has 20 heteroatoms. The van der Waals surface area contributed by atoms with E-state index < -0.39 is 81.8 Å². The van der Waals surface area contributed by atoms with E-state index in [-0.39, 0.29) is 17.5 Å². The van der Waals surface area contributed by atoms with Gasteiger partial charge >= 0.3 is 19.2 Å². The molecule has 2 aliphatic rings. The maximum atomic E-state index is 12.6. The van der Waals surface area contributed by atoms with Crippen LogP contribution in [0, 0.1) is 13.8 Å². The van der Waals surface area contributed by atoms with Crippen LogP contribution in [0.3, 0.4) is 0 Å². The number of aromatic nitrogens is 4. The molecule has 4 rings (SSSR count). The largest absolute Gasteiger partial charge is 0.477 e. The van der Waals surface area contributed by atoms with Crippen molar-refractivity contribution in [2.24, 2.45) is 0 Å². The molecule has 0 amide bonds. The van der Waals surface area contributed by atoms with Crippen LogP contribution < -0.4 is 22.5 Å². The maximum Gasteiger partial charge on any atom is 0.477 e. The fraction of sp³-hybridized carbons (Fsp3) is 0.500. The third kappa shape index (κ3) is 6.97. The molecular formula is C20H25BN4O13P2-. The van der Waals surface area contributed by atoms with Crippen molar-refractivity contribution in [3.8, 4) is 0 Å². The zero-order valence-electron chi connectivity index (χ0n) is 21.1. The van der Waals surface area contributed by atoms with Gasteiger partial charge in [-0.15, -0.1) is 0 Å². The van der Waals surface area contributed by atoms with Gasteiger partial charge in [0.1, 0.15) is 24.5 Å². The van der Waals surface area contributed by atoms with E-state index in [1.54, 1.807) is 0 Å². The number of aliphatic hydroxyl groups excluding tert-OH is 1. The molecule has 0 saturated carbocycles. The van der Waals surface area contributed by atoms with Crippen LogP contribution in [0.15, 0.2) is 43.7 Å². The Labute approximate surface area is 225 Å². The Morgan fingerprint density at radius 2 is 1.62 bits per heavy atom. The van der Waals surface area contributed by atoms with Crippen molar-refractivity contribution in [3.05, 3.63) is 77.3 Å². The summed E-state index contributed by atoms with van der Waals surface area (Å²) in [6.07, 6.45) is -0.205. The molecule has 7 atom stereocenters. The summed E-state index contributed by atoms with van der Waals surface area (Å²) in [5.41, 5.74) is -2.24. The molecule has 4 heterocycles. The van der Waals surface area contributed by atoms with Gasteiger partial charge in [-0.1, -0.05) is 6.08 Å². The topological polar surface area (TPSA) is 230 Å². The zero-order chi connectivity index (χ0) is 29.4. The molecule has 217 valence electrons. The normalized spacial score (nSPS) is 27.5. The zero-order valence-corrected chi connectivity index (χ0v) is 22.9. The lowest BCUT2D eigenvalue weighted by atomic mass is 10.2. The van der Waals surface area contributed by atoms with E-state index in [9.17, 15) is 38.3 Å². The number of phosphoric ester groups is 1. The van der Waals surface area contributed by atoms with Gasteiger partial charge in [0.25, 0.3) is 11.1 Å². The second-order valence-corrected chi connectivity index (χ2v) is 12.1. The van der Waals surface area contributed by atoms with E-state index in [0.29, 0.717) is 0 Å². The maximum absolute atomic E-state index is 12.6. The molecule has 3 radical (unpaired) electrons.